The second-order valence-corrected chi connectivity index (χ2v) is 11.1. The van der Waals surface area contributed by atoms with Gasteiger partial charge in [-0.2, -0.15) is 5.10 Å². The van der Waals surface area contributed by atoms with Gasteiger partial charge in [-0.25, -0.2) is 15.4 Å². The van der Waals surface area contributed by atoms with Crippen molar-refractivity contribution in [3.8, 4) is 33.9 Å². The normalized spacial score (nSPS) is 11.2. The van der Waals surface area contributed by atoms with Crippen molar-refractivity contribution in [2.24, 2.45) is 5.10 Å². The van der Waals surface area contributed by atoms with E-state index >= 15 is 0 Å². The van der Waals surface area contributed by atoms with Crippen LogP contribution >= 0.6 is 27.5 Å². The summed E-state index contributed by atoms with van der Waals surface area (Å²) in [4.78, 5) is 21.7. The highest BCUT2D eigenvalue weighted by molar-refractivity contribution is 9.10. The number of rotatable bonds is 9. The highest BCUT2D eigenvalue weighted by Crippen LogP contribution is 2.34. The number of fused-ring (bicyclic) bond motifs is 2. The molecule has 0 aliphatic carbocycles. The maximum Gasteiger partial charge on any atom is 0.277 e. The minimum absolute atomic E-state index is 0.206. The van der Waals surface area contributed by atoms with Gasteiger partial charge in [0.1, 0.15) is 16.7 Å². The van der Waals surface area contributed by atoms with Crippen LogP contribution in [0.4, 0.5) is 0 Å². The van der Waals surface area contributed by atoms with Crippen molar-refractivity contribution in [1.29, 1.82) is 0 Å². The largest absolute Gasteiger partial charge is 0.494 e. The summed E-state index contributed by atoms with van der Waals surface area (Å²) in [6.45, 7) is 2.28. The minimum Gasteiger partial charge on any atom is -0.494 e. The monoisotopic (exact) mass is 664 g/mol. The number of hydrazone groups is 1. The van der Waals surface area contributed by atoms with Crippen LogP contribution in [0.15, 0.2) is 113 Å². The number of hydrogen-bond acceptors (Lipinski definition) is 6. The highest BCUT2D eigenvalue weighted by Gasteiger charge is 2.11. The van der Waals surface area contributed by atoms with Crippen molar-refractivity contribution in [3.05, 3.63) is 118 Å². The molecule has 1 amide bonds. The van der Waals surface area contributed by atoms with E-state index in [-0.39, 0.29) is 11.8 Å². The molecule has 0 aliphatic heterocycles. The first-order valence-electron chi connectivity index (χ1n) is 13.9. The first-order chi connectivity index (χ1) is 21.5. The zero-order chi connectivity index (χ0) is 30.5. The lowest BCUT2D eigenvalue weighted by Crippen LogP contribution is -2.24. The average molecular weight is 666 g/mol. The van der Waals surface area contributed by atoms with Gasteiger partial charge in [0.25, 0.3) is 5.91 Å². The number of amides is 1. The summed E-state index contributed by atoms with van der Waals surface area (Å²) in [5.74, 6) is 0.864. The Balaban J connectivity index is 1.10. The lowest BCUT2D eigenvalue weighted by molar-refractivity contribution is -0.123. The predicted molar refractivity (Wildman–Crippen MR) is 179 cm³/mol. The fourth-order valence-corrected chi connectivity index (χ4v) is 5.32. The molecular weight excluding hydrogens is 640 g/mol. The molecule has 44 heavy (non-hydrogen) atoms. The smallest absolute Gasteiger partial charge is 0.277 e. The van der Waals surface area contributed by atoms with E-state index in [0.717, 1.165) is 48.9 Å². The highest BCUT2D eigenvalue weighted by atomic mass is 79.9. The van der Waals surface area contributed by atoms with Gasteiger partial charge in [0.05, 0.1) is 29.5 Å². The number of nitrogens with zero attached hydrogens (tertiary/aromatic N) is 3. The van der Waals surface area contributed by atoms with Gasteiger partial charge in [0, 0.05) is 32.4 Å². The molecule has 0 saturated carbocycles. The molecule has 0 radical (unpaired) electrons. The van der Waals surface area contributed by atoms with Gasteiger partial charge in [-0.1, -0.05) is 57.9 Å². The van der Waals surface area contributed by atoms with E-state index in [9.17, 15) is 4.79 Å². The SMILES string of the molecule is CCOc1ccc2cc(/C=N\NC(=O)COc3ccc(-c4cc(-c5ccccc5)c5cc(Br)ccc5n4)cc3)c(Cl)nc2c1. The zero-order valence-electron chi connectivity index (χ0n) is 23.6. The van der Waals surface area contributed by atoms with Crippen LogP contribution in [0.2, 0.25) is 5.15 Å². The van der Waals surface area contributed by atoms with E-state index in [0.29, 0.717) is 23.4 Å². The van der Waals surface area contributed by atoms with Crippen LogP contribution in [-0.4, -0.2) is 35.3 Å². The predicted octanol–water partition coefficient (Wildman–Crippen LogP) is 8.46. The second-order valence-electron chi connectivity index (χ2n) is 9.84. The molecule has 9 heteroatoms. The van der Waals surface area contributed by atoms with Crippen molar-refractivity contribution in [1.82, 2.24) is 15.4 Å². The number of hydrogen-bond donors (Lipinski definition) is 1. The van der Waals surface area contributed by atoms with Gasteiger partial charge >= 0.3 is 0 Å². The Morgan fingerprint density at radius 1 is 0.864 bits per heavy atom. The Kier molecular flexibility index (Phi) is 8.81. The topological polar surface area (TPSA) is 85.7 Å². The number of carbonyl (C=O) groups is 1. The number of aromatic nitrogens is 2. The van der Waals surface area contributed by atoms with Gasteiger partial charge < -0.3 is 9.47 Å². The Bertz CT molecular complexity index is 2000. The van der Waals surface area contributed by atoms with E-state index < -0.39 is 5.91 Å². The molecule has 0 unspecified atom stereocenters. The van der Waals surface area contributed by atoms with E-state index in [4.69, 9.17) is 26.1 Å². The Hall–Kier alpha value is -4.79. The lowest BCUT2D eigenvalue weighted by Gasteiger charge is -2.11. The summed E-state index contributed by atoms with van der Waals surface area (Å²) in [7, 11) is 0. The van der Waals surface area contributed by atoms with Gasteiger partial charge in [-0.3, -0.25) is 4.79 Å². The van der Waals surface area contributed by atoms with E-state index in [1.54, 1.807) is 0 Å². The summed E-state index contributed by atoms with van der Waals surface area (Å²) in [6, 6.07) is 33.4. The number of ether oxygens (including phenoxy) is 2. The molecule has 218 valence electrons. The average Bonchev–Trinajstić information content (AvgIpc) is 3.04. The molecule has 0 spiro atoms. The molecule has 7 nitrogen and oxygen atoms in total. The van der Waals surface area contributed by atoms with Gasteiger partial charge in [-0.05, 0) is 84.8 Å². The molecule has 0 saturated heterocycles. The van der Waals surface area contributed by atoms with Crippen LogP contribution in [0.3, 0.4) is 0 Å². The van der Waals surface area contributed by atoms with Crippen molar-refractivity contribution in [2.75, 3.05) is 13.2 Å². The number of pyridine rings is 2. The fraction of sp³-hybridized carbons (Fsp3) is 0.0857. The lowest BCUT2D eigenvalue weighted by atomic mass is 9.98. The standard InChI is InChI=1S/C35H26BrClN4O3/c1-2-43-28-14-10-24-16-25(35(37)40-32(24)18-28)20-38-41-34(42)21-44-27-12-8-23(9-13-27)33-19-29(22-6-4-3-5-7-22)30-17-26(36)11-15-31(30)39-33/h3-20H,2,21H2,1H3,(H,41,42)/b38-20-. The van der Waals surface area contributed by atoms with Crippen molar-refractivity contribution in [2.45, 2.75) is 6.92 Å². The number of halogens is 2. The summed E-state index contributed by atoms with van der Waals surface area (Å²) in [6.07, 6.45) is 1.46. The van der Waals surface area contributed by atoms with Gasteiger partial charge in [0.2, 0.25) is 0 Å². The zero-order valence-corrected chi connectivity index (χ0v) is 26.0. The third-order valence-corrected chi connectivity index (χ3v) is 7.65. The molecule has 0 bridgehead atoms. The van der Waals surface area contributed by atoms with E-state index in [1.807, 2.05) is 85.8 Å². The molecule has 2 aromatic heterocycles. The summed E-state index contributed by atoms with van der Waals surface area (Å²) in [5, 5.41) is 6.23. The molecule has 1 N–H and O–H groups in total. The van der Waals surface area contributed by atoms with Crippen LogP contribution in [0.25, 0.3) is 44.2 Å². The summed E-state index contributed by atoms with van der Waals surface area (Å²) in [5.41, 5.74) is 8.64. The van der Waals surface area contributed by atoms with Gasteiger partial charge in [0.15, 0.2) is 6.61 Å². The van der Waals surface area contributed by atoms with Crippen molar-refractivity contribution in [3.63, 3.8) is 0 Å². The van der Waals surface area contributed by atoms with Crippen LogP contribution in [-0.2, 0) is 4.79 Å². The molecule has 6 aromatic rings. The van der Waals surface area contributed by atoms with E-state index in [1.165, 1.54) is 6.21 Å². The first kappa shape index (κ1) is 29.3. The number of nitrogens with one attached hydrogen (secondary N) is 1. The summed E-state index contributed by atoms with van der Waals surface area (Å²) >= 11 is 9.92. The fourth-order valence-electron chi connectivity index (χ4n) is 4.77. The molecule has 0 aliphatic rings. The quantitative estimate of drug-likeness (QED) is 0.0952. The molecule has 0 fully saturated rings. The molecule has 6 rings (SSSR count). The Morgan fingerprint density at radius 3 is 2.45 bits per heavy atom. The van der Waals surface area contributed by atoms with E-state index in [2.05, 4.69) is 55.7 Å². The molecular formula is C35H26BrClN4O3. The molecule has 0 atom stereocenters. The maximum absolute atomic E-state index is 12.4. The first-order valence-corrected chi connectivity index (χ1v) is 15.1. The molecule has 2 heterocycles. The Labute approximate surface area is 267 Å². The second kappa shape index (κ2) is 13.2. The third-order valence-electron chi connectivity index (χ3n) is 6.85. The van der Waals surface area contributed by atoms with Crippen LogP contribution < -0.4 is 14.9 Å². The van der Waals surface area contributed by atoms with Crippen LogP contribution in [0.1, 0.15) is 12.5 Å². The third kappa shape index (κ3) is 6.72. The molecule has 4 aromatic carbocycles. The number of benzene rings is 4. The maximum atomic E-state index is 12.4. The van der Waals surface area contributed by atoms with Crippen molar-refractivity contribution < 1.29 is 14.3 Å². The van der Waals surface area contributed by atoms with Crippen molar-refractivity contribution >= 4 is 61.5 Å². The Morgan fingerprint density at radius 2 is 1.66 bits per heavy atom. The van der Waals surface area contributed by atoms with Crippen LogP contribution in [0, 0.1) is 0 Å². The summed E-state index contributed by atoms with van der Waals surface area (Å²) < 4.78 is 12.2. The van der Waals surface area contributed by atoms with Crippen LogP contribution in [0.5, 0.6) is 11.5 Å². The number of carbonyl (C=O) groups excluding carboxylic acids is 1. The van der Waals surface area contributed by atoms with Gasteiger partial charge in [-0.15, -0.1) is 0 Å². The minimum atomic E-state index is -0.411.